The van der Waals surface area contributed by atoms with Crippen molar-refractivity contribution in [3.05, 3.63) is 59.8 Å². The third kappa shape index (κ3) is 3.32. The molecule has 8 nitrogen and oxygen atoms in total. The lowest BCUT2D eigenvalue weighted by atomic mass is 9.96. The summed E-state index contributed by atoms with van der Waals surface area (Å²) in [6.07, 6.45) is 4.68. The fraction of sp³-hybridized carbons (Fsp3) is 0.286. The van der Waals surface area contributed by atoms with Crippen LogP contribution in [0, 0.1) is 12.7 Å². The molecule has 1 aliphatic rings. The number of rotatable bonds is 3. The Morgan fingerprint density at radius 2 is 2.03 bits per heavy atom. The van der Waals surface area contributed by atoms with E-state index in [0.717, 1.165) is 5.69 Å². The van der Waals surface area contributed by atoms with Crippen LogP contribution in [0.1, 0.15) is 40.8 Å². The average Bonchev–Trinajstić information content (AvgIpc) is 3.42. The summed E-state index contributed by atoms with van der Waals surface area (Å²) in [4.78, 5) is 26.1. The first-order valence-corrected chi connectivity index (χ1v) is 9.77. The maximum absolute atomic E-state index is 13.9. The minimum atomic E-state index is -0.341. The van der Waals surface area contributed by atoms with Gasteiger partial charge in [-0.05, 0) is 38.0 Å². The Balaban J connectivity index is 1.26. The van der Waals surface area contributed by atoms with Crippen LogP contribution in [0.25, 0.3) is 22.5 Å². The third-order valence-corrected chi connectivity index (χ3v) is 5.41. The number of amides is 1. The Bertz CT molecular complexity index is 1210. The molecule has 1 aliphatic heterocycles. The van der Waals surface area contributed by atoms with Gasteiger partial charge in [-0.3, -0.25) is 9.78 Å². The predicted octanol–water partition coefficient (Wildman–Crippen LogP) is 3.48. The normalized spacial score (nSPS) is 15.1. The monoisotopic (exact) mass is 406 g/mol. The summed E-state index contributed by atoms with van der Waals surface area (Å²) in [6, 6.07) is 6.34. The molecule has 1 N–H and O–H groups in total. The molecule has 9 heteroatoms. The van der Waals surface area contributed by atoms with Gasteiger partial charge in [-0.15, -0.1) is 10.2 Å². The fourth-order valence-electron chi connectivity index (χ4n) is 3.74. The van der Waals surface area contributed by atoms with Gasteiger partial charge in [-0.25, -0.2) is 9.37 Å². The number of H-pyrrole nitrogens is 1. The topological polar surface area (TPSA) is 101 Å². The standard InChI is InChI=1S/C21H19FN6O2/c1-12-10-24-18(11-23-12)20-27-26-19(30-20)13-5-7-28(8-6-13)21(29)17-9-14-15(22)3-2-4-16(14)25-17/h2-4,9-11,13,25H,5-8H2,1H3. The van der Waals surface area contributed by atoms with E-state index in [0.29, 0.717) is 60.0 Å². The van der Waals surface area contributed by atoms with Crippen LogP contribution in [0.15, 0.2) is 41.1 Å². The number of likely N-dealkylation sites (tertiary alicyclic amines) is 1. The second-order valence-electron chi connectivity index (χ2n) is 7.44. The van der Waals surface area contributed by atoms with Crippen LogP contribution >= 0.6 is 0 Å². The summed E-state index contributed by atoms with van der Waals surface area (Å²) in [7, 11) is 0. The summed E-state index contributed by atoms with van der Waals surface area (Å²) in [5.41, 5.74) is 2.36. The van der Waals surface area contributed by atoms with Gasteiger partial charge in [0.25, 0.3) is 11.8 Å². The number of nitrogens with zero attached hydrogens (tertiary/aromatic N) is 5. The Labute approximate surface area is 171 Å². The van der Waals surface area contributed by atoms with Gasteiger partial charge in [0, 0.05) is 36.1 Å². The summed E-state index contributed by atoms with van der Waals surface area (Å²) < 4.78 is 19.7. The van der Waals surface area contributed by atoms with Gasteiger partial charge in [-0.1, -0.05) is 6.07 Å². The molecule has 0 unspecified atom stereocenters. The first-order valence-electron chi connectivity index (χ1n) is 9.77. The Hall–Kier alpha value is -3.62. The van der Waals surface area contributed by atoms with Crippen molar-refractivity contribution in [2.45, 2.75) is 25.7 Å². The number of aromatic amines is 1. The van der Waals surface area contributed by atoms with Crippen molar-refractivity contribution in [2.75, 3.05) is 13.1 Å². The predicted molar refractivity (Wildman–Crippen MR) is 106 cm³/mol. The summed E-state index contributed by atoms with van der Waals surface area (Å²) in [5.74, 6) is 0.495. The molecule has 30 heavy (non-hydrogen) atoms. The number of fused-ring (bicyclic) bond motifs is 1. The van der Waals surface area contributed by atoms with Gasteiger partial charge in [0.05, 0.1) is 11.9 Å². The fourth-order valence-corrected chi connectivity index (χ4v) is 3.74. The lowest BCUT2D eigenvalue weighted by molar-refractivity contribution is 0.0701. The van der Waals surface area contributed by atoms with Gasteiger partial charge in [0.15, 0.2) is 0 Å². The number of nitrogens with one attached hydrogen (secondary N) is 1. The molecule has 0 spiro atoms. The summed E-state index contributed by atoms with van der Waals surface area (Å²) >= 11 is 0. The molecule has 0 aliphatic carbocycles. The maximum Gasteiger partial charge on any atom is 0.270 e. The van der Waals surface area contributed by atoms with E-state index < -0.39 is 0 Å². The first kappa shape index (κ1) is 18.4. The number of carbonyl (C=O) groups is 1. The van der Waals surface area contributed by atoms with Gasteiger partial charge in [0.1, 0.15) is 17.2 Å². The van der Waals surface area contributed by atoms with Gasteiger partial charge in [0.2, 0.25) is 5.89 Å². The molecule has 5 rings (SSSR count). The molecular formula is C21H19FN6O2. The van der Waals surface area contributed by atoms with E-state index in [-0.39, 0.29) is 17.6 Å². The smallest absolute Gasteiger partial charge is 0.270 e. The maximum atomic E-state index is 13.9. The minimum absolute atomic E-state index is 0.0777. The second-order valence-corrected chi connectivity index (χ2v) is 7.44. The quantitative estimate of drug-likeness (QED) is 0.559. The van der Waals surface area contributed by atoms with Gasteiger partial charge in [-0.2, -0.15) is 0 Å². The van der Waals surface area contributed by atoms with Crippen LogP contribution < -0.4 is 0 Å². The second kappa shape index (κ2) is 7.33. The van der Waals surface area contributed by atoms with E-state index >= 15 is 0 Å². The van der Waals surface area contributed by atoms with Crippen LogP contribution in [-0.2, 0) is 0 Å². The molecule has 1 saturated heterocycles. The molecule has 3 aromatic heterocycles. The number of halogens is 1. The Kier molecular flexibility index (Phi) is 4.50. The molecule has 4 heterocycles. The minimum Gasteiger partial charge on any atom is -0.419 e. The van der Waals surface area contributed by atoms with Crippen molar-refractivity contribution in [2.24, 2.45) is 0 Å². The third-order valence-electron chi connectivity index (χ3n) is 5.41. The van der Waals surface area contributed by atoms with Crippen LogP contribution in [0.5, 0.6) is 0 Å². The van der Waals surface area contributed by atoms with Crippen molar-refractivity contribution in [1.82, 2.24) is 30.0 Å². The number of aryl methyl sites for hydroxylation is 1. The molecule has 4 aromatic rings. The van der Waals surface area contributed by atoms with Crippen LogP contribution in [0.4, 0.5) is 4.39 Å². The first-order chi connectivity index (χ1) is 14.6. The molecule has 0 radical (unpaired) electrons. The van der Waals surface area contributed by atoms with Crippen molar-refractivity contribution < 1.29 is 13.6 Å². The van der Waals surface area contributed by atoms with Crippen LogP contribution in [-0.4, -0.2) is 49.0 Å². The highest BCUT2D eigenvalue weighted by atomic mass is 19.1. The van der Waals surface area contributed by atoms with E-state index in [1.54, 1.807) is 35.5 Å². The number of aromatic nitrogens is 5. The number of hydrogen-bond acceptors (Lipinski definition) is 6. The molecule has 152 valence electrons. The van der Waals surface area contributed by atoms with Crippen molar-refractivity contribution >= 4 is 16.8 Å². The Morgan fingerprint density at radius 3 is 2.77 bits per heavy atom. The van der Waals surface area contributed by atoms with E-state index in [1.165, 1.54) is 6.07 Å². The van der Waals surface area contributed by atoms with Crippen LogP contribution in [0.3, 0.4) is 0 Å². The summed E-state index contributed by atoms with van der Waals surface area (Å²) in [6.45, 7) is 2.98. The molecule has 0 bridgehead atoms. The molecule has 1 aromatic carbocycles. The van der Waals surface area contributed by atoms with Crippen molar-refractivity contribution in [1.29, 1.82) is 0 Å². The number of carbonyl (C=O) groups excluding carboxylic acids is 1. The van der Waals surface area contributed by atoms with E-state index in [4.69, 9.17) is 4.42 Å². The molecule has 1 amide bonds. The summed E-state index contributed by atoms with van der Waals surface area (Å²) in [5, 5.41) is 8.68. The zero-order valence-corrected chi connectivity index (χ0v) is 16.3. The van der Waals surface area contributed by atoms with Crippen LogP contribution in [0.2, 0.25) is 0 Å². The SMILES string of the molecule is Cc1cnc(-c2nnc(C3CCN(C(=O)c4cc5c(F)cccc5[nH]4)CC3)o2)cn1. The largest absolute Gasteiger partial charge is 0.419 e. The lowest BCUT2D eigenvalue weighted by Crippen LogP contribution is -2.38. The molecule has 0 atom stereocenters. The number of hydrogen-bond donors (Lipinski definition) is 1. The molecular weight excluding hydrogens is 387 g/mol. The van der Waals surface area contributed by atoms with Crippen molar-refractivity contribution in [3.8, 4) is 11.6 Å². The highest BCUT2D eigenvalue weighted by Gasteiger charge is 2.29. The highest BCUT2D eigenvalue weighted by molar-refractivity contribution is 5.98. The van der Waals surface area contributed by atoms with Gasteiger partial charge >= 0.3 is 0 Å². The lowest BCUT2D eigenvalue weighted by Gasteiger charge is -2.30. The van der Waals surface area contributed by atoms with E-state index in [9.17, 15) is 9.18 Å². The molecule has 1 fully saturated rings. The van der Waals surface area contributed by atoms with Crippen molar-refractivity contribution in [3.63, 3.8) is 0 Å². The highest BCUT2D eigenvalue weighted by Crippen LogP contribution is 2.30. The average molecular weight is 406 g/mol. The molecule has 0 saturated carbocycles. The number of piperidine rings is 1. The van der Waals surface area contributed by atoms with E-state index in [1.807, 2.05) is 6.92 Å². The Morgan fingerprint density at radius 1 is 1.20 bits per heavy atom. The number of benzene rings is 1. The zero-order valence-electron chi connectivity index (χ0n) is 16.3. The van der Waals surface area contributed by atoms with E-state index in [2.05, 4.69) is 25.1 Å². The zero-order chi connectivity index (χ0) is 20.7. The van der Waals surface area contributed by atoms with Gasteiger partial charge < -0.3 is 14.3 Å².